The van der Waals surface area contributed by atoms with Crippen molar-refractivity contribution in [3.05, 3.63) is 0 Å². The van der Waals surface area contributed by atoms with E-state index in [2.05, 4.69) is 0 Å². The molecule has 0 saturated heterocycles. The zero-order chi connectivity index (χ0) is 2.71. The Morgan fingerprint density at radius 2 is 1.60 bits per heavy atom. The van der Waals surface area contributed by atoms with E-state index in [9.17, 15) is 0 Å². The van der Waals surface area contributed by atoms with E-state index in [1.807, 2.05) is 0 Å². The first-order chi connectivity index (χ1) is 1.41. The zero-order valence-corrected chi connectivity index (χ0v) is 3.17. The number of halogens is 1. The third-order valence-electron chi connectivity index (χ3n) is 0. The van der Waals surface area contributed by atoms with Crippen molar-refractivity contribution in [2.45, 2.75) is 0 Å². The summed E-state index contributed by atoms with van der Waals surface area (Å²) in [5.41, 5.74) is 0. The molecule has 0 spiro atoms. The second-order valence-corrected chi connectivity index (χ2v) is 0.224. The summed E-state index contributed by atoms with van der Waals surface area (Å²) in [4.78, 5) is 0. The monoisotopic (exact) mass is 99.0 g/mol. The molecule has 0 saturated carbocycles. The molecule has 0 aliphatic carbocycles. The summed E-state index contributed by atoms with van der Waals surface area (Å²) in [7, 11) is 1.43. The number of nitrogens with zero attached hydrogens (tertiary/aromatic N) is 1. The standard InChI is InChI=1S/CH2BN.ClH.Na.H/c2-1-3;;;/h2H2;1H;;. The summed E-state index contributed by atoms with van der Waals surface area (Å²) in [5.74, 6) is 1.75. The van der Waals surface area contributed by atoms with Gasteiger partial charge in [0.15, 0.2) is 0 Å². The predicted octanol–water partition coefficient (Wildman–Crippen LogP) is -1.13. The van der Waals surface area contributed by atoms with Crippen LogP contribution in [-0.2, 0) is 0 Å². The average Bonchev–Trinajstić information content (AvgIpc) is 0.918. The summed E-state index contributed by atoms with van der Waals surface area (Å²) in [6, 6.07) is 0. The van der Waals surface area contributed by atoms with E-state index in [0.29, 0.717) is 0 Å². The van der Waals surface area contributed by atoms with Crippen molar-refractivity contribution in [2.75, 3.05) is 0 Å². The van der Waals surface area contributed by atoms with E-state index >= 15 is 0 Å². The number of hydrogen-bond acceptors (Lipinski definition) is 1. The van der Waals surface area contributed by atoms with Gasteiger partial charge in [-0.25, -0.2) is 5.26 Å². The van der Waals surface area contributed by atoms with Crippen molar-refractivity contribution in [1.29, 1.82) is 5.26 Å². The molecule has 0 unspecified atom stereocenters. The quantitative estimate of drug-likeness (QED) is 0.353. The fourth-order valence-corrected chi connectivity index (χ4v) is 0. The molecule has 4 heteroatoms. The van der Waals surface area contributed by atoms with Gasteiger partial charge in [-0.3, -0.25) is 0 Å². The Kier molecular flexibility index (Phi) is 71.3. The van der Waals surface area contributed by atoms with Gasteiger partial charge in [-0.1, -0.05) is 0 Å². The Bertz CT molecular complexity index is 33.1. The second-order valence-electron chi connectivity index (χ2n) is 0.224. The van der Waals surface area contributed by atoms with Gasteiger partial charge in [0.25, 0.3) is 0 Å². The molecular formula is CH4BClNNa. The Labute approximate surface area is 60.9 Å². The molecule has 0 bridgehead atoms. The predicted molar refractivity (Wildman–Crippen MR) is 28.6 cm³/mol. The van der Waals surface area contributed by atoms with Crippen LogP contribution < -0.4 is 0 Å². The number of hydrogen-bond donors (Lipinski definition) is 0. The van der Waals surface area contributed by atoms with Gasteiger partial charge >= 0.3 is 29.6 Å². The van der Waals surface area contributed by atoms with E-state index in [4.69, 9.17) is 5.26 Å². The topological polar surface area (TPSA) is 23.8 Å². The SMILES string of the molecule is BC#N.Cl.[NaH]. The maximum absolute atomic E-state index is 7.32. The molecule has 24 valence electrons. The van der Waals surface area contributed by atoms with Gasteiger partial charge in [-0.2, -0.15) is 0 Å². The second kappa shape index (κ2) is 21.0. The van der Waals surface area contributed by atoms with Crippen LogP contribution in [0, 0.1) is 11.2 Å². The normalized spacial score (nSPS) is 1.40. The minimum atomic E-state index is 0. The van der Waals surface area contributed by atoms with Crippen LogP contribution in [0.15, 0.2) is 0 Å². The average molecular weight is 99.3 g/mol. The van der Waals surface area contributed by atoms with Gasteiger partial charge in [-0.15, -0.1) is 12.4 Å². The van der Waals surface area contributed by atoms with Gasteiger partial charge in [0.1, 0.15) is 0 Å². The van der Waals surface area contributed by atoms with Crippen LogP contribution in [0.5, 0.6) is 0 Å². The number of nitriles is 1. The number of rotatable bonds is 0. The molecule has 0 heterocycles. The van der Waals surface area contributed by atoms with Gasteiger partial charge in [0.05, 0.1) is 0 Å². The molecule has 0 N–H and O–H groups in total. The molecule has 0 atom stereocenters. The molecule has 0 amide bonds. The van der Waals surface area contributed by atoms with Crippen molar-refractivity contribution in [3.8, 4) is 5.97 Å². The Balaban J connectivity index is -0.0000000200. The van der Waals surface area contributed by atoms with Crippen LogP contribution in [0.2, 0.25) is 0 Å². The summed E-state index contributed by atoms with van der Waals surface area (Å²) < 4.78 is 0. The summed E-state index contributed by atoms with van der Waals surface area (Å²) in [6.45, 7) is 0. The third-order valence-corrected chi connectivity index (χ3v) is 0. The van der Waals surface area contributed by atoms with Crippen LogP contribution in [0.4, 0.5) is 0 Å². The Hall–Kier alpha value is 0.845. The molecule has 0 aromatic rings. The van der Waals surface area contributed by atoms with Gasteiger partial charge in [0.2, 0.25) is 7.85 Å². The third kappa shape index (κ3) is 54.9. The van der Waals surface area contributed by atoms with Gasteiger partial charge in [-0.05, 0) is 5.97 Å². The van der Waals surface area contributed by atoms with E-state index in [1.165, 1.54) is 7.85 Å². The Morgan fingerprint density at radius 1 is 1.60 bits per heavy atom. The molecule has 0 radical (unpaired) electrons. The molecule has 0 aromatic carbocycles. The van der Waals surface area contributed by atoms with Gasteiger partial charge in [0, 0.05) is 0 Å². The van der Waals surface area contributed by atoms with E-state index < -0.39 is 0 Å². The van der Waals surface area contributed by atoms with Gasteiger partial charge < -0.3 is 0 Å². The van der Waals surface area contributed by atoms with Crippen molar-refractivity contribution >= 4 is 49.8 Å². The maximum atomic E-state index is 7.32. The van der Waals surface area contributed by atoms with E-state index in [0.717, 1.165) is 0 Å². The van der Waals surface area contributed by atoms with Crippen LogP contribution in [0.25, 0.3) is 0 Å². The molecule has 5 heavy (non-hydrogen) atoms. The van der Waals surface area contributed by atoms with Crippen LogP contribution in [0.1, 0.15) is 0 Å². The summed E-state index contributed by atoms with van der Waals surface area (Å²) >= 11 is 0. The molecule has 0 fully saturated rings. The molecule has 1 nitrogen and oxygen atoms in total. The Morgan fingerprint density at radius 3 is 1.60 bits per heavy atom. The molecular weight excluding hydrogens is 95.3 g/mol. The van der Waals surface area contributed by atoms with Crippen molar-refractivity contribution in [3.63, 3.8) is 0 Å². The fraction of sp³-hybridized carbons (Fsp3) is 0. The van der Waals surface area contributed by atoms with E-state index in [-0.39, 0.29) is 42.0 Å². The first-order valence-electron chi connectivity index (χ1n) is 0.724. The summed E-state index contributed by atoms with van der Waals surface area (Å²) in [6.07, 6.45) is 0. The van der Waals surface area contributed by atoms with Crippen LogP contribution >= 0.6 is 12.4 Å². The minimum absolute atomic E-state index is 0. The van der Waals surface area contributed by atoms with Crippen molar-refractivity contribution < 1.29 is 0 Å². The van der Waals surface area contributed by atoms with Crippen LogP contribution in [0.3, 0.4) is 0 Å². The summed E-state index contributed by atoms with van der Waals surface area (Å²) in [5, 5.41) is 7.32. The van der Waals surface area contributed by atoms with Crippen LogP contribution in [-0.4, -0.2) is 37.4 Å². The van der Waals surface area contributed by atoms with Crippen molar-refractivity contribution in [2.24, 2.45) is 0 Å². The first kappa shape index (κ1) is 17.0. The molecule has 0 aromatic heterocycles. The first-order valence-corrected chi connectivity index (χ1v) is 0.724. The van der Waals surface area contributed by atoms with E-state index in [1.54, 1.807) is 5.97 Å². The van der Waals surface area contributed by atoms with Crippen molar-refractivity contribution in [1.82, 2.24) is 0 Å². The molecule has 0 aliphatic heterocycles. The fourth-order valence-electron chi connectivity index (χ4n) is 0. The molecule has 0 rings (SSSR count). The zero-order valence-electron chi connectivity index (χ0n) is 2.36. The molecule has 0 aliphatic rings.